The smallest absolute Gasteiger partial charge is 0.219 e. The maximum Gasteiger partial charge on any atom is 0.219 e. The fourth-order valence-electron chi connectivity index (χ4n) is 4.10. The van der Waals surface area contributed by atoms with Crippen LogP contribution in [0.15, 0.2) is 102 Å². The average molecular weight is 500 g/mol. The van der Waals surface area contributed by atoms with Crippen molar-refractivity contribution in [2.75, 3.05) is 35.9 Å². The van der Waals surface area contributed by atoms with Gasteiger partial charge in [-0.25, -0.2) is 4.99 Å². The lowest BCUT2D eigenvalue weighted by molar-refractivity contribution is -0.106. The SMILES string of the molecule is C=CN=C(/C(=C(\C)N)N(C)c1ccc(P(C)c2ccccc2)c(C)c1)N(C=O)c1cccc(NC)c1. The Bertz CT molecular complexity index is 1280. The molecule has 36 heavy (non-hydrogen) atoms. The second-order valence-corrected chi connectivity index (χ2v) is 10.5. The maximum absolute atomic E-state index is 12.3. The highest BCUT2D eigenvalue weighted by Gasteiger charge is 2.24. The molecule has 7 heteroatoms. The van der Waals surface area contributed by atoms with Crippen LogP contribution in [0.2, 0.25) is 0 Å². The number of benzene rings is 3. The predicted molar refractivity (Wildman–Crippen MR) is 157 cm³/mol. The van der Waals surface area contributed by atoms with Crippen LogP contribution in [0.3, 0.4) is 0 Å². The number of aryl methyl sites for hydroxylation is 1. The largest absolute Gasteiger partial charge is 0.400 e. The van der Waals surface area contributed by atoms with E-state index >= 15 is 0 Å². The summed E-state index contributed by atoms with van der Waals surface area (Å²) in [7, 11) is 3.29. The number of likely N-dealkylation sites (N-methyl/N-ethyl adjacent to an activating group) is 1. The zero-order valence-corrected chi connectivity index (χ0v) is 22.5. The van der Waals surface area contributed by atoms with E-state index in [9.17, 15) is 4.79 Å². The molecule has 0 heterocycles. The Labute approximate surface area is 215 Å². The van der Waals surface area contributed by atoms with Gasteiger partial charge in [0.15, 0.2) is 5.84 Å². The lowest BCUT2D eigenvalue weighted by Crippen LogP contribution is -2.38. The molecule has 0 saturated carbocycles. The fourth-order valence-corrected chi connectivity index (χ4v) is 5.89. The summed E-state index contributed by atoms with van der Waals surface area (Å²) >= 11 is 0. The van der Waals surface area contributed by atoms with Crippen molar-refractivity contribution in [3.8, 4) is 0 Å². The highest BCUT2D eigenvalue weighted by molar-refractivity contribution is 7.72. The molecule has 0 aliphatic rings. The van der Waals surface area contributed by atoms with Crippen LogP contribution in [-0.2, 0) is 4.79 Å². The summed E-state index contributed by atoms with van der Waals surface area (Å²) in [5.74, 6) is 0.388. The molecule has 3 aromatic carbocycles. The second kappa shape index (κ2) is 12.2. The van der Waals surface area contributed by atoms with E-state index < -0.39 is 7.92 Å². The number of carbonyl (C=O) groups excluding carboxylic acids is 1. The third-order valence-electron chi connectivity index (χ3n) is 5.95. The minimum Gasteiger partial charge on any atom is -0.400 e. The van der Waals surface area contributed by atoms with Crippen LogP contribution in [0.25, 0.3) is 0 Å². The van der Waals surface area contributed by atoms with Crippen molar-refractivity contribution >= 4 is 47.8 Å². The lowest BCUT2D eigenvalue weighted by atomic mass is 10.1. The molecule has 0 bridgehead atoms. The Hall–Kier alpha value is -3.89. The van der Waals surface area contributed by atoms with Crippen LogP contribution in [0.1, 0.15) is 12.5 Å². The van der Waals surface area contributed by atoms with E-state index in [4.69, 9.17) is 5.73 Å². The van der Waals surface area contributed by atoms with E-state index in [1.807, 2.05) is 49.3 Å². The van der Waals surface area contributed by atoms with Gasteiger partial charge in [-0.15, -0.1) is 0 Å². The van der Waals surface area contributed by atoms with Gasteiger partial charge in [0.25, 0.3) is 0 Å². The molecular formula is C29H34N5OP. The summed E-state index contributed by atoms with van der Waals surface area (Å²) < 4.78 is 0. The van der Waals surface area contributed by atoms with Crippen molar-refractivity contribution in [3.05, 3.63) is 103 Å². The molecule has 186 valence electrons. The molecular weight excluding hydrogens is 465 g/mol. The number of nitrogens with one attached hydrogen (secondary N) is 1. The first-order valence-corrected chi connectivity index (χ1v) is 13.4. The zero-order valence-electron chi connectivity index (χ0n) is 21.6. The summed E-state index contributed by atoms with van der Waals surface area (Å²) in [5, 5.41) is 5.76. The Morgan fingerprint density at radius 2 is 1.78 bits per heavy atom. The first-order valence-electron chi connectivity index (χ1n) is 11.6. The van der Waals surface area contributed by atoms with Crippen LogP contribution in [0, 0.1) is 6.92 Å². The Balaban J connectivity index is 2.02. The molecule has 0 fully saturated rings. The summed E-state index contributed by atoms with van der Waals surface area (Å²) in [4.78, 5) is 20.3. The lowest BCUT2D eigenvalue weighted by Gasteiger charge is -2.30. The molecule has 3 aromatic rings. The van der Waals surface area contributed by atoms with Gasteiger partial charge in [-0.2, -0.15) is 0 Å². The van der Waals surface area contributed by atoms with E-state index in [0.29, 0.717) is 22.9 Å². The minimum absolute atomic E-state index is 0.388. The van der Waals surface area contributed by atoms with Crippen molar-refractivity contribution < 1.29 is 4.79 Å². The Morgan fingerprint density at radius 3 is 2.36 bits per heavy atom. The van der Waals surface area contributed by atoms with E-state index in [2.05, 4.69) is 72.9 Å². The molecule has 1 amide bonds. The highest BCUT2D eigenvalue weighted by Crippen LogP contribution is 2.32. The quantitative estimate of drug-likeness (QED) is 0.190. The van der Waals surface area contributed by atoms with Gasteiger partial charge in [0, 0.05) is 37.4 Å². The topological polar surface area (TPSA) is 74.0 Å². The first kappa shape index (κ1) is 26.7. The molecule has 0 aromatic heterocycles. The van der Waals surface area contributed by atoms with Gasteiger partial charge in [-0.05, 0) is 74.9 Å². The number of carbonyl (C=O) groups is 1. The van der Waals surface area contributed by atoms with Gasteiger partial charge in [-0.3, -0.25) is 9.69 Å². The number of nitrogens with zero attached hydrogens (tertiary/aromatic N) is 3. The van der Waals surface area contributed by atoms with Crippen molar-refractivity contribution in [1.29, 1.82) is 0 Å². The van der Waals surface area contributed by atoms with E-state index in [0.717, 1.165) is 17.8 Å². The van der Waals surface area contributed by atoms with Gasteiger partial charge in [-0.1, -0.05) is 49.0 Å². The number of nitrogens with two attached hydrogens (primary N) is 1. The monoisotopic (exact) mass is 499 g/mol. The Kier molecular flexibility index (Phi) is 9.04. The summed E-state index contributed by atoms with van der Waals surface area (Å²) in [6, 6.07) is 24.5. The van der Waals surface area contributed by atoms with E-state index in [-0.39, 0.29) is 0 Å². The molecule has 0 spiro atoms. The number of rotatable bonds is 9. The number of allylic oxidation sites excluding steroid dienone is 1. The van der Waals surface area contributed by atoms with Crippen molar-refractivity contribution in [1.82, 2.24) is 0 Å². The predicted octanol–water partition coefficient (Wildman–Crippen LogP) is 4.93. The van der Waals surface area contributed by atoms with Crippen LogP contribution in [-0.4, -0.2) is 33.0 Å². The normalized spacial score (nSPS) is 12.9. The van der Waals surface area contributed by atoms with Gasteiger partial charge in [0.1, 0.15) is 5.70 Å². The Morgan fingerprint density at radius 1 is 1.06 bits per heavy atom. The minimum atomic E-state index is -0.470. The van der Waals surface area contributed by atoms with E-state index in [1.165, 1.54) is 27.3 Å². The molecule has 0 aliphatic carbocycles. The van der Waals surface area contributed by atoms with Crippen LogP contribution >= 0.6 is 7.92 Å². The average Bonchev–Trinajstić information content (AvgIpc) is 2.89. The summed E-state index contributed by atoms with van der Waals surface area (Å²) in [6.07, 6.45) is 2.16. The second-order valence-electron chi connectivity index (χ2n) is 8.37. The third-order valence-corrected chi connectivity index (χ3v) is 8.25. The highest BCUT2D eigenvalue weighted by atomic mass is 31.1. The molecule has 3 rings (SSSR count). The summed E-state index contributed by atoms with van der Waals surface area (Å²) in [5.41, 5.74) is 11.2. The van der Waals surface area contributed by atoms with E-state index in [1.54, 1.807) is 6.92 Å². The number of amidine groups is 1. The number of hydrogen-bond donors (Lipinski definition) is 2. The van der Waals surface area contributed by atoms with Gasteiger partial charge in [0.2, 0.25) is 6.41 Å². The number of anilines is 3. The maximum atomic E-state index is 12.3. The molecule has 0 aliphatic heterocycles. The zero-order chi connectivity index (χ0) is 26.2. The van der Waals surface area contributed by atoms with Crippen molar-refractivity contribution in [2.24, 2.45) is 10.7 Å². The fraction of sp³-hybridized carbons (Fsp3) is 0.172. The van der Waals surface area contributed by atoms with Crippen LogP contribution in [0.4, 0.5) is 17.1 Å². The number of aliphatic imine (C=N–C) groups is 1. The first-order chi connectivity index (χ1) is 17.3. The molecule has 1 atom stereocenters. The molecule has 6 nitrogen and oxygen atoms in total. The number of amides is 1. The number of hydrogen-bond acceptors (Lipinski definition) is 5. The van der Waals surface area contributed by atoms with Gasteiger partial charge in [0.05, 0.1) is 5.69 Å². The molecule has 0 saturated heterocycles. The van der Waals surface area contributed by atoms with Gasteiger partial charge < -0.3 is 16.0 Å². The standard InChI is InChI=1S/C29H34N5OP/c1-7-32-29(34(20-35)25-13-11-12-23(19-25)31-4)28(22(3)30)33(5)24-16-17-27(21(2)18-24)36(6)26-14-9-8-10-15-26/h7-20,31H,1,30H2,2-6H3/b28-22-,32-29?. The van der Waals surface area contributed by atoms with Crippen molar-refractivity contribution in [3.63, 3.8) is 0 Å². The third kappa shape index (κ3) is 5.84. The van der Waals surface area contributed by atoms with Gasteiger partial charge >= 0.3 is 0 Å². The van der Waals surface area contributed by atoms with Crippen molar-refractivity contribution in [2.45, 2.75) is 13.8 Å². The molecule has 3 N–H and O–H groups in total. The molecule has 1 unspecified atom stereocenters. The van der Waals surface area contributed by atoms with Crippen LogP contribution in [0.5, 0.6) is 0 Å². The molecule has 0 radical (unpaired) electrons. The summed E-state index contributed by atoms with van der Waals surface area (Å²) in [6.45, 7) is 9.99. The van der Waals surface area contributed by atoms with Crippen LogP contribution < -0.4 is 31.5 Å².